The number of nitrogens with one attached hydrogen (secondary N) is 1. The minimum atomic E-state index is 0.224. The van der Waals surface area contributed by atoms with Crippen LogP contribution >= 0.6 is 0 Å². The monoisotopic (exact) mass is 303 g/mol. The molecule has 2 aromatic rings. The first-order valence-corrected chi connectivity index (χ1v) is 8.07. The molecular formula is C18H25NO3. The average Bonchev–Trinajstić information content (AvgIpc) is 3.15. The van der Waals surface area contributed by atoms with Gasteiger partial charge in [-0.2, -0.15) is 0 Å². The molecule has 1 N–H and O–H groups in total. The summed E-state index contributed by atoms with van der Waals surface area (Å²) in [5.74, 6) is 0. The predicted octanol–water partition coefficient (Wildman–Crippen LogP) is 3.59. The molecule has 1 saturated heterocycles. The quantitative estimate of drug-likeness (QED) is 0.885. The van der Waals surface area contributed by atoms with Crippen molar-refractivity contribution in [2.75, 3.05) is 19.8 Å². The Labute approximate surface area is 131 Å². The Morgan fingerprint density at radius 3 is 3.00 bits per heavy atom. The van der Waals surface area contributed by atoms with Gasteiger partial charge in [0.1, 0.15) is 5.58 Å². The fourth-order valence-corrected chi connectivity index (χ4v) is 3.05. The van der Waals surface area contributed by atoms with Crippen LogP contribution in [0.1, 0.15) is 37.4 Å². The van der Waals surface area contributed by atoms with Crippen LogP contribution in [0.2, 0.25) is 0 Å². The molecule has 22 heavy (non-hydrogen) atoms. The highest BCUT2D eigenvalue weighted by molar-refractivity contribution is 5.84. The standard InChI is InChI=1S/C18H25NO3/c1-12-5-4-6-16-17(11-22-18(12)16)14(3)19-13(2)9-21-15-7-8-20-10-15/h4-6,11,13-15,19H,7-10H2,1-3H3. The molecule has 1 aliphatic rings. The second-order valence-electron chi connectivity index (χ2n) is 6.25. The predicted molar refractivity (Wildman–Crippen MR) is 87.1 cm³/mol. The lowest BCUT2D eigenvalue weighted by atomic mass is 10.0. The molecule has 0 saturated carbocycles. The highest BCUT2D eigenvalue weighted by Gasteiger charge is 2.19. The topological polar surface area (TPSA) is 43.6 Å². The van der Waals surface area contributed by atoms with Crippen molar-refractivity contribution in [2.24, 2.45) is 0 Å². The van der Waals surface area contributed by atoms with Gasteiger partial charge in [-0.3, -0.25) is 0 Å². The smallest absolute Gasteiger partial charge is 0.137 e. The van der Waals surface area contributed by atoms with Crippen molar-refractivity contribution < 1.29 is 13.9 Å². The van der Waals surface area contributed by atoms with Crippen LogP contribution in [-0.2, 0) is 9.47 Å². The van der Waals surface area contributed by atoms with Gasteiger partial charge in [0.2, 0.25) is 0 Å². The molecule has 1 aliphatic heterocycles. The van der Waals surface area contributed by atoms with Crippen LogP contribution < -0.4 is 5.32 Å². The van der Waals surface area contributed by atoms with E-state index in [1.54, 1.807) is 0 Å². The Bertz CT molecular complexity index is 616. The Morgan fingerprint density at radius 1 is 1.36 bits per heavy atom. The van der Waals surface area contributed by atoms with Gasteiger partial charge in [0, 0.05) is 29.6 Å². The van der Waals surface area contributed by atoms with E-state index in [0.717, 1.165) is 25.2 Å². The van der Waals surface area contributed by atoms with Gasteiger partial charge < -0.3 is 19.2 Å². The van der Waals surface area contributed by atoms with Crippen LogP contribution in [0, 0.1) is 6.92 Å². The molecule has 1 fully saturated rings. The minimum Gasteiger partial charge on any atom is -0.464 e. The van der Waals surface area contributed by atoms with E-state index in [1.165, 1.54) is 16.5 Å². The molecule has 0 spiro atoms. The van der Waals surface area contributed by atoms with Gasteiger partial charge in [-0.25, -0.2) is 0 Å². The number of benzene rings is 1. The van der Waals surface area contributed by atoms with Gasteiger partial charge in [0.15, 0.2) is 0 Å². The van der Waals surface area contributed by atoms with Crippen molar-refractivity contribution in [1.29, 1.82) is 0 Å². The van der Waals surface area contributed by atoms with Crippen molar-refractivity contribution in [3.05, 3.63) is 35.6 Å². The third kappa shape index (κ3) is 3.35. The third-order valence-electron chi connectivity index (χ3n) is 4.30. The van der Waals surface area contributed by atoms with E-state index in [-0.39, 0.29) is 18.2 Å². The zero-order chi connectivity index (χ0) is 15.5. The number of para-hydroxylation sites is 1. The highest BCUT2D eigenvalue weighted by atomic mass is 16.5. The highest BCUT2D eigenvalue weighted by Crippen LogP contribution is 2.28. The summed E-state index contributed by atoms with van der Waals surface area (Å²) in [4.78, 5) is 0. The summed E-state index contributed by atoms with van der Waals surface area (Å²) in [6.45, 7) is 8.65. The Kier molecular flexibility index (Phi) is 4.81. The minimum absolute atomic E-state index is 0.224. The molecule has 120 valence electrons. The number of hydrogen-bond donors (Lipinski definition) is 1. The van der Waals surface area contributed by atoms with Crippen LogP contribution in [0.5, 0.6) is 0 Å². The fourth-order valence-electron chi connectivity index (χ4n) is 3.05. The number of rotatable bonds is 6. The van der Waals surface area contributed by atoms with Gasteiger partial charge in [-0.1, -0.05) is 18.2 Å². The van der Waals surface area contributed by atoms with E-state index in [0.29, 0.717) is 6.61 Å². The van der Waals surface area contributed by atoms with E-state index in [1.807, 2.05) is 6.26 Å². The lowest BCUT2D eigenvalue weighted by molar-refractivity contribution is 0.0311. The Hall–Kier alpha value is -1.36. The van der Waals surface area contributed by atoms with E-state index < -0.39 is 0 Å². The number of fused-ring (bicyclic) bond motifs is 1. The first kappa shape index (κ1) is 15.5. The second-order valence-corrected chi connectivity index (χ2v) is 6.25. The number of ether oxygens (including phenoxy) is 2. The third-order valence-corrected chi connectivity index (χ3v) is 4.30. The van der Waals surface area contributed by atoms with Crippen molar-refractivity contribution in [2.45, 2.75) is 45.4 Å². The van der Waals surface area contributed by atoms with Gasteiger partial charge >= 0.3 is 0 Å². The average molecular weight is 303 g/mol. The summed E-state index contributed by atoms with van der Waals surface area (Å²) in [6, 6.07) is 6.78. The van der Waals surface area contributed by atoms with Gasteiger partial charge in [-0.05, 0) is 32.8 Å². The largest absolute Gasteiger partial charge is 0.464 e. The molecular weight excluding hydrogens is 278 g/mol. The molecule has 2 heterocycles. The van der Waals surface area contributed by atoms with Crippen molar-refractivity contribution >= 4 is 11.0 Å². The van der Waals surface area contributed by atoms with E-state index in [9.17, 15) is 0 Å². The van der Waals surface area contributed by atoms with Crippen molar-refractivity contribution in [3.63, 3.8) is 0 Å². The van der Waals surface area contributed by atoms with Crippen LogP contribution in [0.3, 0.4) is 0 Å². The van der Waals surface area contributed by atoms with Crippen molar-refractivity contribution in [3.8, 4) is 0 Å². The fraction of sp³-hybridized carbons (Fsp3) is 0.556. The SMILES string of the molecule is Cc1cccc2c(C(C)NC(C)COC3CCOC3)coc12. The lowest BCUT2D eigenvalue weighted by Crippen LogP contribution is -2.34. The molecule has 0 aliphatic carbocycles. The molecule has 3 atom stereocenters. The molecule has 1 aromatic heterocycles. The maximum Gasteiger partial charge on any atom is 0.137 e. The Balaban J connectivity index is 1.60. The van der Waals surface area contributed by atoms with Gasteiger partial charge in [-0.15, -0.1) is 0 Å². The number of aryl methyl sites for hydroxylation is 1. The van der Waals surface area contributed by atoms with Crippen LogP contribution in [0.25, 0.3) is 11.0 Å². The lowest BCUT2D eigenvalue weighted by Gasteiger charge is -2.21. The molecule has 4 heteroatoms. The number of hydrogen-bond acceptors (Lipinski definition) is 4. The maximum absolute atomic E-state index is 5.88. The molecule has 0 amide bonds. The van der Waals surface area contributed by atoms with E-state index in [4.69, 9.17) is 13.9 Å². The molecule has 3 rings (SSSR count). The first-order valence-electron chi connectivity index (χ1n) is 8.07. The summed E-state index contributed by atoms with van der Waals surface area (Å²) < 4.78 is 16.9. The summed E-state index contributed by atoms with van der Waals surface area (Å²) in [6.07, 6.45) is 3.14. The maximum atomic E-state index is 5.88. The number of furan rings is 1. The molecule has 3 unspecified atom stereocenters. The summed E-state index contributed by atoms with van der Waals surface area (Å²) in [5, 5.41) is 4.78. The molecule has 1 aromatic carbocycles. The molecule has 4 nitrogen and oxygen atoms in total. The van der Waals surface area contributed by atoms with E-state index >= 15 is 0 Å². The van der Waals surface area contributed by atoms with Crippen LogP contribution in [0.15, 0.2) is 28.9 Å². The van der Waals surface area contributed by atoms with Crippen molar-refractivity contribution in [1.82, 2.24) is 5.32 Å². The second kappa shape index (κ2) is 6.82. The molecule has 0 bridgehead atoms. The van der Waals surface area contributed by atoms with Crippen LogP contribution in [0.4, 0.5) is 0 Å². The van der Waals surface area contributed by atoms with Crippen LogP contribution in [-0.4, -0.2) is 32.0 Å². The Morgan fingerprint density at radius 2 is 2.23 bits per heavy atom. The zero-order valence-electron chi connectivity index (χ0n) is 13.6. The summed E-state index contributed by atoms with van der Waals surface area (Å²) in [7, 11) is 0. The first-order chi connectivity index (χ1) is 10.6. The molecule has 0 radical (unpaired) electrons. The van der Waals surface area contributed by atoms with Gasteiger partial charge in [0.05, 0.1) is 25.6 Å². The van der Waals surface area contributed by atoms with E-state index in [2.05, 4.69) is 44.3 Å². The summed E-state index contributed by atoms with van der Waals surface area (Å²) >= 11 is 0. The van der Waals surface area contributed by atoms with Gasteiger partial charge in [0.25, 0.3) is 0 Å². The zero-order valence-corrected chi connectivity index (χ0v) is 13.6. The normalized spacial score (nSPS) is 21.3. The summed E-state index contributed by atoms with van der Waals surface area (Å²) in [5.41, 5.74) is 3.36.